The number of ether oxygens (including phenoxy) is 1. The van der Waals surface area contributed by atoms with Crippen LogP contribution < -0.4 is 11.0 Å². The van der Waals surface area contributed by atoms with Crippen molar-refractivity contribution in [2.45, 2.75) is 19.9 Å². The summed E-state index contributed by atoms with van der Waals surface area (Å²) < 4.78 is 10.6. The van der Waals surface area contributed by atoms with Gasteiger partial charge in [-0.15, -0.1) is 0 Å². The zero-order chi connectivity index (χ0) is 22.8. The molecule has 0 fully saturated rings. The second kappa shape index (κ2) is 8.69. The fourth-order valence-electron chi connectivity index (χ4n) is 3.78. The highest BCUT2D eigenvalue weighted by Gasteiger charge is 2.18. The molecule has 0 spiro atoms. The van der Waals surface area contributed by atoms with E-state index in [1.54, 1.807) is 47.5 Å². The van der Waals surface area contributed by atoms with Crippen molar-refractivity contribution in [3.8, 4) is 6.07 Å². The average Bonchev–Trinajstić information content (AvgIpc) is 3.24. The van der Waals surface area contributed by atoms with Crippen molar-refractivity contribution < 1.29 is 9.53 Å². The molecule has 1 amide bonds. The average molecular weight is 432 g/mol. The van der Waals surface area contributed by atoms with E-state index in [1.807, 2.05) is 29.7 Å². The van der Waals surface area contributed by atoms with E-state index in [0.29, 0.717) is 42.4 Å². The van der Waals surface area contributed by atoms with Gasteiger partial charge < -0.3 is 9.30 Å². The molecule has 2 aromatic carbocycles. The maximum absolute atomic E-state index is 12.8. The number of fused-ring (bicyclic) bond motifs is 2. The highest BCUT2D eigenvalue weighted by atomic mass is 16.5. The van der Waals surface area contributed by atoms with E-state index in [0.717, 1.165) is 23.0 Å². The van der Waals surface area contributed by atoms with Crippen molar-refractivity contribution in [1.82, 2.24) is 18.7 Å². The number of anilines is 1. The van der Waals surface area contributed by atoms with E-state index in [-0.39, 0.29) is 11.6 Å². The number of benzene rings is 2. The van der Waals surface area contributed by atoms with Gasteiger partial charge in [0.1, 0.15) is 0 Å². The van der Waals surface area contributed by atoms with E-state index in [1.165, 1.54) is 0 Å². The summed E-state index contributed by atoms with van der Waals surface area (Å²) in [6, 6.07) is 12.3. The summed E-state index contributed by atoms with van der Waals surface area (Å²) in [4.78, 5) is 29.8. The van der Waals surface area contributed by atoms with Crippen molar-refractivity contribution in [3.05, 3.63) is 58.0 Å². The first-order valence-corrected chi connectivity index (χ1v) is 10.4. The van der Waals surface area contributed by atoms with Crippen LogP contribution in [0.15, 0.2) is 41.2 Å². The molecule has 0 atom stereocenters. The van der Waals surface area contributed by atoms with E-state index in [2.05, 4.69) is 10.3 Å². The normalized spacial score (nSPS) is 11.2. The van der Waals surface area contributed by atoms with Gasteiger partial charge in [0, 0.05) is 39.4 Å². The Morgan fingerprint density at radius 3 is 2.47 bits per heavy atom. The minimum Gasteiger partial charge on any atom is -0.382 e. The molecule has 0 saturated heterocycles. The minimum atomic E-state index is -0.312. The third-order valence-electron chi connectivity index (χ3n) is 5.52. The molecule has 2 heterocycles. The lowest BCUT2D eigenvalue weighted by Gasteiger charge is -2.10. The van der Waals surface area contributed by atoms with Crippen molar-refractivity contribution in [2.75, 3.05) is 18.5 Å². The molecule has 2 aromatic heterocycles. The molecule has 32 heavy (non-hydrogen) atoms. The van der Waals surface area contributed by atoms with Crippen LogP contribution in [-0.4, -0.2) is 37.8 Å². The number of nitrogens with one attached hydrogen (secondary N) is 1. The number of carbonyl (C=O) groups is 1. The summed E-state index contributed by atoms with van der Waals surface area (Å²) in [6.07, 6.45) is 0.741. The maximum atomic E-state index is 12.8. The molecule has 0 aliphatic heterocycles. The predicted molar refractivity (Wildman–Crippen MR) is 122 cm³/mol. The Balaban J connectivity index is 1.76. The van der Waals surface area contributed by atoms with Gasteiger partial charge in [-0.1, -0.05) is 0 Å². The van der Waals surface area contributed by atoms with E-state index < -0.39 is 0 Å². The summed E-state index contributed by atoms with van der Waals surface area (Å²) in [5.74, 6) is 0.110. The van der Waals surface area contributed by atoms with Crippen LogP contribution in [0.3, 0.4) is 0 Å². The van der Waals surface area contributed by atoms with Gasteiger partial charge in [0.25, 0.3) is 5.91 Å². The highest BCUT2D eigenvalue weighted by molar-refractivity contribution is 6.04. The Bertz CT molecular complexity index is 1400. The van der Waals surface area contributed by atoms with Crippen LogP contribution in [-0.2, 0) is 25.4 Å². The second-order valence-electron chi connectivity index (χ2n) is 7.51. The number of amides is 1. The number of imidazole rings is 2. The molecular formula is C23H24N6O3. The third-order valence-corrected chi connectivity index (χ3v) is 5.52. The number of carbonyl (C=O) groups excluding carboxylic acids is 1. The van der Waals surface area contributed by atoms with Gasteiger partial charge in [-0.3, -0.25) is 19.2 Å². The van der Waals surface area contributed by atoms with E-state index >= 15 is 0 Å². The number of nitriles is 1. The molecule has 0 radical (unpaired) electrons. The number of hydrogen-bond donors (Lipinski definition) is 1. The smallest absolute Gasteiger partial charge is 0.328 e. The third kappa shape index (κ3) is 3.76. The Kier molecular flexibility index (Phi) is 5.79. The van der Waals surface area contributed by atoms with Crippen molar-refractivity contribution in [1.29, 1.82) is 5.26 Å². The van der Waals surface area contributed by atoms with Gasteiger partial charge in [0.15, 0.2) is 0 Å². The van der Waals surface area contributed by atoms with Gasteiger partial charge in [-0.05, 0) is 49.7 Å². The Morgan fingerprint density at radius 1 is 1.12 bits per heavy atom. The van der Waals surface area contributed by atoms with Gasteiger partial charge >= 0.3 is 5.69 Å². The molecule has 164 valence electrons. The topological polar surface area (TPSA) is 107 Å². The number of aryl methyl sites for hydroxylation is 3. The van der Waals surface area contributed by atoms with Crippen LogP contribution in [0.5, 0.6) is 0 Å². The molecule has 0 saturated carbocycles. The SMILES string of the molecule is CCOCCCn1c(NC(=O)c2ccc(C#N)cc2)nc2cc3c(cc21)n(C)c(=O)n3C. The molecule has 9 nitrogen and oxygen atoms in total. The molecule has 9 heteroatoms. The van der Waals surface area contributed by atoms with Crippen molar-refractivity contribution in [2.24, 2.45) is 14.1 Å². The summed E-state index contributed by atoms with van der Waals surface area (Å²) >= 11 is 0. The number of hydrogen-bond acceptors (Lipinski definition) is 5. The Labute approximate surface area is 184 Å². The predicted octanol–water partition coefficient (Wildman–Crippen LogP) is 2.78. The van der Waals surface area contributed by atoms with Crippen molar-refractivity contribution in [3.63, 3.8) is 0 Å². The summed E-state index contributed by atoms with van der Waals surface area (Å²) in [5.41, 5.74) is 3.89. The molecule has 0 bridgehead atoms. The van der Waals surface area contributed by atoms with Gasteiger partial charge in [0.05, 0.1) is 33.7 Å². The van der Waals surface area contributed by atoms with Crippen LogP contribution in [0.2, 0.25) is 0 Å². The van der Waals surface area contributed by atoms with Crippen LogP contribution >= 0.6 is 0 Å². The molecule has 1 N–H and O–H groups in total. The molecule has 0 aliphatic rings. The molecule has 0 unspecified atom stereocenters. The highest BCUT2D eigenvalue weighted by Crippen LogP contribution is 2.26. The minimum absolute atomic E-state index is 0.107. The number of rotatable bonds is 7. The monoisotopic (exact) mass is 432 g/mol. The summed E-state index contributed by atoms with van der Waals surface area (Å²) in [5, 5.41) is 11.9. The lowest BCUT2D eigenvalue weighted by Crippen LogP contribution is -2.19. The van der Waals surface area contributed by atoms with Crippen LogP contribution in [0.25, 0.3) is 22.1 Å². The lowest BCUT2D eigenvalue weighted by molar-refractivity contribution is 0.102. The van der Waals surface area contributed by atoms with Crippen molar-refractivity contribution >= 4 is 33.9 Å². The number of nitrogens with zero attached hydrogens (tertiary/aromatic N) is 5. The first-order chi connectivity index (χ1) is 15.4. The molecule has 4 aromatic rings. The van der Waals surface area contributed by atoms with Crippen LogP contribution in [0, 0.1) is 11.3 Å². The first-order valence-electron chi connectivity index (χ1n) is 10.4. The zero-order valence-electron chi connectivity index (χ0n) is 18.3. The zero-order valence-corrected chi connectivity index (χ0v) is 18.3. The van der Waals surface area contributed by atoms with E-state index in [4.69, 9.17) is 10.00 Å². The Morgan fingerprint density at radius 2 is 1.81 bits per heavy atom. The molecular weight excluding hydrogens is 408 g/mol. The summed E-state index contributed by atoms with van der Waals surface area (Å²) in [6.45, 7) is 3.76. The van der Waals surface area contributed by atoms with Gasteiger partial charge in [-0.25, -0.2) is 9.78 Å². The van der Waals surface area contributed by atoms with E-state index in [9.17, 15) is 9.59 Å². The first kappa shape index (κ1) is 21.3. The second-order valence-corrected chi connectivity index (χ2v) is 7.51. The fourth-order valence-corrected chi connectivity index (χ4v) is 3.78. The lowest BCUT2D eigenvalue weighted by atomic mass is 10.1. The molecule has 0 aliphatic carbocycles. The van der Waals surface area contributed by atoms with Crippen LogP contribution in [0.4, 0.5) is 5.95 Å². The Hall–Kier alpha value is -3.90. The fraction of sp³-hybridized carbons (Fsp3) is 0.304. The standard InChI is InChI=1S/C23H24N6O3/c1-4-32-11-5-10-29-18-13-20-19(27(2)23(31)28(20)3)12-17(18)25-22(29)26-21(30)16-8-6-15(14-24)7-9-16/h6-9,12-13H,4-5,10-11H2,1-3H3,(H,25,26,30). The van der Waals surface area contributed by atoms with Gasteiger partial charge in [-0.2, -0.15) is 5.26 Å². The summed E-state index contributed by atoms with van der Waals surface area (Å²) in [7, 11) is 3.46. The molecule has 4 rings (SSSR count). The van der Waals surface area contributed by atoms with Gasteiger partial charge in [0.2, 0.25) is 5.95 Å². The maximum Gasteiger partial charge on any atom is 0.328 e. The largest absolute Gasteiger partial charge is 0.382 e. The quantitative estimate of drug-likeness (QED) is 0.452. The van der Waals surface area contributed by atoms with Crippen LogP contribution in [0.1, 0.15) is 29.3 Å². The number of aromatic nitrogens is 4.